The van der Waals surface area contributed by atoms with Crippen molar-refractivity contribution in [3.05, 3.63) is 70.8 Å². The summed E-state index contributed by atoms with van der Waals surface area (Å²) >= 11 is 6.68. The molecule has 3 heterocycles. The van der Waals surface area contributed by atoms with Crippen LogP contribution in [-0.4, -0.2) is 32.6 Å². The summed E-state index contributed by atoms with van der Waals surface area (Å²) in [6.45, 7) is 5.64. The molecule has 8 heteroatoms. The van der Waals surface area contributed by atoms with Gasteiger partial charge in [-0.2, -0.15) is 0 Å². The Bertz CT molecular complexity index is 1150. The van der Waals surface area contributed by atoms with Crippen molar-refractivity contribution in [2.45, 2.75) is 44.6 Å². The van der Waals surface area contributed by atoms with Gasteiger partial charge in [-0.1, -0.05) is 18.2 Å². The molecule has 2 aromatic heterocycles. The van der Waals surface area contributed by atoms with Crippen LogP contribution in [0.2, 0.25) is 5.02 Å². The maximum Gasteiger partial charge on any atom is 0.179 e. The molecule has 5 rings (SSSR count). The SMILES string of the molecule is C=COc1c(F)ccc(F)c1C1CCN(Cc2ccn3c(CC4CC4)nnc3c2Cl)CC1. The van der Waals surface area contributed by atoms with Crippen LogP contribution in [0.4, 0.5) is 8.78 Å². The number of hydrogen-bond acceptors (Lipinski definition) is 4. The molecule has 3 aromatic rings. The zero-order valence-electron chi connectivity index (χ0n) is 17.7. The third-order valence-corrected chi connectivity index (χ3v) is 6.94. The van der Waals surface area contributed by atoms with Crippen LogP contribution in [-0.2, 0) is 13.0 Å². The van der Waals surface area contributed by atoms with Gasteiger partial charge in [0.25, 0.3) is 0 Å². The van der Waals surface area contributed by atoms with Crippen molar-refractivity contribution < 1.29 is 13.5 Å². The Hall–Kier alpha value is -2.51. The molecule has 1 aliphatic carbocycles. The lowest BCUT2D eigenvalue weighted by molar-refractivity contribution is 0.201. The minimum absolute atomic E-state index is 0.0549. The number of ether oxygens (including phenoxy) is 1. The fourth-order valence-electron chi connectivity index (χ4n) is 4.61. The van der Waals surface area contributed by atoms with Crippen molar-refractivity contribution in [3.8, 4) is 5.75 Å². The molecule has 2 fully saturated rings. The number of rotatable bonds is 7. The highest BCUT2D eigenvalue weighted by Gasteiger charge is 2.28. The molecule has 0 bridgehead atoms. The lowest BCUT2D eigenvalue weighted by Gasteiger charge is -2.33. The van der Waals surface area contributed by atoms with Gasteiger partial charge < -0.3 is 4.74 Å². The highest BCUT2D eigenvalue weighted by Crippen LogP contribution is 2.38. The predicted octanol–water partition coefficient (Wildman–Crippen LogP) is 5.52. The number of hydrogen-bond donors (Lipinski definition) is 0. The van der Waals surface area contributed by atoms with Gasteiger partial charge >= 0.3 is 0 Å². The van der Waals surface area contributed by atoms with E-state index in [1.165, 1.54) is 12.8 Å². The standard InChI is InChI=1S/C24H25ClF2N4O/c1-2-32-23-19(27)6-5-18(26)21(23)16-7-10-30(11-8-16)14-17-9-12-31-20(13-15-3-4-15)28-29-24(31)22(17)25/h2,5-6,9,12,15-16H,1,3-4,7-8,10-11,13-14H2. The molecular formula is C24H25ClF2N4O. The van der Waals surface area contributed by atoms with Gasteiger partial charge in [0.2, 0.25) is 0 Å². The molecule has 1 aromatic carbocycles. The van der Waals surface area contributed by atoms with Crippen molar-refractivity contribution in [2.24, 2.45) is 5.92 Å². The highest BCUT2D eigenvalue weighted by atomic mass is 35.5. The van der Waals surface area contributed by atoms with E-state index in [1.54, 1.807) is 0 Å². The first-order valence-electron chi connectivity index (χ1n) is 11.0. The lowest BCUT2D eigenvalue weighted by atomic mass is 9.88. The van der Waals surface area contributed by atoms with E-state index in [0.717, 1.165) is 55.2 Å². The molecule has 1 saturated heterocycles. The topological polar surface area (TPSA) is 42.7 Å². The van der Waals surface area contributed by atoms with Crippen LogP contribution in [0.3, 0.4) is 0 Å². The van der Waals surface area contributed by atoms with E-state index in [2.05, 4.69) is 21.7 Å². The van der Waals surface area contributed by atoms with Crippen molar-refractivity contribution in [1.29, 1.82) is 0 Å². The number of nitrogens with zero attached hydrogens (tertiary/aromatic N) is 4. The van der Waals surface area contributed by atoms with Gasteiger partial charge in [-0.05, 0) is 74.4 Å². The Morgan fingerprint density at radius 2 is 1.84 bits per heavy atom. The Morgan fingerprint density at radius 3 is 2.56 bits per heavy atom. The van der Waals surface area contributed by atoms with Crippen LogP contribution in [0.25, 0.3) is 5.65 Å². The van der Waals surface area contributed by atoms with Crippen molar-refractivity contribution >= 4 is 17.2 Å². The van der Waals surface area contributed by atoms with E-state index in [1.807, 2.05) is 16.7 Å². The summed E-state index contributed by atoms with van der Waals surface area (Å²) in [6, 6.07) is 4.28. The van der Waals surface area contributed by atoms with Crippen molar-refractivity contribution in [1.82, 2.24) is 19.5 Å². The second kappa shape index (κ2) is 8.79. The molecule has 5 nitrogen and oxygen atoms in total. The molecule has 0 N–H and O–H groups in total. The minimum Gasteiger partial charge on any atom is -0.462 e. The first kappa shape index (κ1) is 21.3. The van der Waals surface area contributed by atoms with Gasteiger partial charge in [-0.15, -0.1) is 10.2 Å². The average molecular weight is 459 g/mol. The van der Waals surface area contributed by atoms with Crippen LogP contribution in [0, 0.1) is 17.6 Å². The van der Waals surface area contributed by atoms with Crippen molar-refractivity contribution in [2.75, 3.05) is 13.1 Å². The summed E-state index contributed by atoms with van der Waals surface area (Å²) in [4.78, 5) is 2.28. The smallest absolute Gasteiger partial charge is 0.179 e. The minimum atomic E-state index is -0.571. The number of aromatic nitrogens is 3. The van der Waals surface area contributed by atoms with Gasteiger partial charge in [0.15, 0.2) is 17.2 Å². The lowest BCUT2D eigenvalue weighted by Crippen LogP contribution is -2.33. The van der Waals surface area contributed by atoms with Crippen LogP contribution in [0.1, 0.15) is 48.6 Å². The quantitative estimate of drug-likeness (QED) is 0.437. The third-order valence-electron chi connectivity index (χ3n) is 6.52. The van der Waals surface area contributed by atoms with Crippen LogP contribution < -0.4 is 4.74 Å². The first-order chi connectivity index (χ1) is 15.5. The number of fused-ring (bicyclic) bond motifs is 1. The van der Waals surface area contributed by atoms with Gasteiger partial charge in [0, 0.05) is 24.7 Å². The Labute approximate surface area is 190 Å². The number of piperidine rings is 1. The zero-order chi connectivity index (χ0) is 22.2. The van der Waals surface area contributed by atoms with Crippen LogP contribution in [0.5, 0.6) is 5.75 Å². The van der Waals surface area contributed by atoms with Crippen molar-refractivity contribution in [3.63, 3.8) is 0 Å². The maximum absolute atomic E-state index is 14.5. The molecule has 0 unspecified atom stereocenters. The molecule has 0 amide bonds. The summed E-state index contributed by atoms with van der Waals surface area (Å²) in [5.74, 6) is 0.508. The molecule has 2 aliphatic rings. The normalized spacial score (nSPS) is 17.7. The molecule has 1 aliphatic heterocycles. The van der Waals surface area contributed by atoms with E-state index in [9.17, 15) is 8.78 Å². The van der Waals surface area contributed by atoms with Gasteiger partial charge in [-0.3, -0.25) is 9.30 Å². The summed E-state index contributed by atoms with van der Waals surface area (Å²) in [5.41, 5.74) is 1.99. The Balaban J connectivity index is 1.28. The summed E-state index contributed by atoms with van der Waals surface area (Å²) in [5, 5.41) is 9.28. The Morgan fingerprint density at radius 1 is 1.09 bits per heavy atom. The van der Waals surface area contributed by atoms with E-state index in [4.69, 9.17) is 16.3 Å². The summed E-state index contributed by atoms with van der Waals surface area (Å²) in [6.07, 6.45) is 8.00. The third kappa shape index (κ3) is 4.11. The number of benzene rings is 1. The van der Waals surface area contributed by atoms with E-state index >= 15 is 0 Å². The van der Waals surface area contributed by atoms with E-state index < -0.39 is 11.6 Å². The number of pyridine rings is 1. The molecule has 32 heavy (non-hydrogen) atoms. The molecular weight excluding hydrogens is 434 g/mol. The highest BCUT2D eigenvalue weighted by molar-refractivity contribution is 6.34. The second-order valence-corrected chi connectivity index (χ2v) is 9.10. The summed E-state index contributed by atoms with van der Waals surface area (Å²) < 4.78 is 36.0. The predicted molar refractivity (Wildman–Crippen MR) is 119 cm³/mol. The van der Waals surface area contributed by atoms with Gasteiger partial charge in [-0.25, -0.2) is 8.78 Å². The van der Waals surface area contributed by atoms with Gasteiger partial charge in [0.05, 0.1) is 11.3 Å². The summed E-state index contributed by atoms with van der Waals surface area (Å²) in [7, 11) is 0. The van der Waals surface area contributed by atoms with Gasteiger partial charge in [0.1, 0.15) is 11.6 Å². The molecule has 1 saturated carbocycles. The monoisotopic (exact) mass is 458 g/mol. The molecule has 0 atom stereocenters. The van der Waals surface area contributed by atoms with Crippen LogP contribution >= 0.6 is 11.6 Å². The fourth-order valence-corrected chi connectivity index (χ4v) is 4.86. The Kier molecular flexibility index (Phi) is 5.86. The van der Waals surface area contributed by atoms with E-state index in [-0.39, 0.29) is 11.7 Å². The molecule has 0 radical (unpaired) electrons. The second-order valence-electron chi connectivity index (χ2n) is 8.72. The number of likely N-dealkylation sites (tertiary alicyclic amines) is 1. The number of halogens is 3. The maximum atomic E-state index is 14.5. The zero-order valence-corrected chi connectivity index (χ0v) is 18.5. The fraction of sp³-hybridized carbons (Fsp3) is 0.417. The van der Waals surface area contributed by atoms with E-state index in [0.29, 0.717) is 35.6 Å². The molecule has 168 valence electrons. The first-order valence-corrected chi connectivity index (χ1v) is 11.4. The average Bonchev–Trinajstić information content (AvgIpc) is 3.52. The van der Waals surface area contributed by atoms with Crippen LogP contribution in [0.15, 0.2) is 37.2 Å². The largest absolute Gasteiger partial charge is 0.462 e. The molecule has 0 spiro atoms.